The van der Waals surface area contributed by atoms with E-state index in [0.717, 1.165) is 10.5 Å². The lowest BCUT2D eigenvalue weighted by Gasteiger charge is -1.98. The molecule has 1 aromatic rings. The van der Waals surface area contributed by atoms with Crippen molar-refractivity contribution < 1.29 is 4.39 Å². The zero-order valence-corrected chi connectivity index (χ0v) is 6.90. The first-order valence-electron chi connectivity index (χ1n) is 3.34. The van der Waals surface area contributed by atoms with Gasteiger partial charge in [-0.3, -0.25) is 0 Å². The molecule has 0 amide bonds. The monoisotopic (exact) mass is 166 g/mol. The minimum Gasteiger partial charge on any atom is -0.239 e. The van der Waals surface area contributed by atoms with E-state index in [1.165, 1.54) is 11.8 Å². The van der Waals surface area contributed by atoms with Crippen molar-refractivity contribution in [3.05, 3.63) is 29.8 Å². The van der Waals surface area contributed by atoms with Crippen LogP contribution in [0, 0.1) is 0 Å². The number of hydrogen-bond donors (Lipinski definition) is 0. The predicted molar refractivity (Wildman–Crippen MR) is 47.7 cm³/mol. The van der Waals surface area contributed by atoms with Gasteiger partial charge in [-0.1, -0.05) is 35.8 Å². The molecule has 1 rings (SSSR count). The molecular weight excluding hydrogens is 158 g/mol. The van der Waals surface area contributed by atoms with Gasteiger partial charge in [0.2, 0.25) is 0 Å². The van der Waals surface area contributed by atoms with E-state index < -0.39 is 0 Å². The number of thioether (sulfide) groups is 1. The first-order chi connectivity index (χ1) is 5.36. The summed E-state index contributed by atoms with van der Waals surface area (Å²) in [6, 6.07) is 7.22. The highest BCUT2D eigenvalue weighted by molar-refractivity contribution is 7.99. The van der Waals surface area contributed by atoms with Crippen LogP contribution in [0.4, 0.5) is 4.39 Å². The third-order valence-electron chi connectivity index (χ3n) is 1.38. The van der Waals surface area contributed by atoms with Crippen LogP contribution in [-0.4, -0.2) is 13.9 Å². The minimum absolute atomic E-state index is 0.373. The molecule has 0 spiro atoms. The fourth-order valence-electron chi connectivity index (χ4n) is 0.785. The molecule has 1 aromatic carbocycles. The first kappa shape index (κ1) is 8.66. The van der Waals surface area contributed by atoms with Gasteiger partial charge < -0.3 is 0 Å². The molecule has 0 bridgehead atoms. The maximum atomic E-state index is 11.8. The molecule has 0 saturated heterocycles. The lowest BCUT2D eigenvalue weighted by molar-refractivity contribution is 0.605. The molecule has 11 heavy (non-hydrogen) atoms. The molecule has 0 nitrogen and oxygen atoms in total. The molecule has 2 radical (unpaired) electrons. The van der Waals surface area contributed by atoms with Gasteiger partial charge in [-0.25, -0.2) is 4.39 Å². The van der Waals surface area contributed by atoms with Crippen molar-refractivity contribution in [2.24, 2.45) is 0 Å². The third kappa shape index (κ3) is 2.58. The average Bonchev–Trinajstić information content (AvgIpc) is 2.07. The topological polar surface area (TPSA) is 0 Å². The molecule has 0 N–H and O–H groups in total. The van der Waals surface area contributed by atoms with E-state index in [4.69, 9.17) is 7.85 Å². The van der Waals surface area contributed by atoms with Crippen LogP contribution in [0.2, 0.25) is 0 Å². The fraction of sp³-hybridized carbons (Fsp3) is 0.250. The van der Waals surface area contributed by atoms with Gasteiger partial charge in [-0.15, -0.1) is 0 Å². The van der Waals surface area contributed by atoms with Crippen molar-refractivity contribution in [2.45, 2.75) is 11.2 Å². The summed E-state index contributed by atoms with van der Waals surface area (Å²) < 4.78 is 11.8. The highest BCUT2D eigenvalue weighted by atomic mass is 32.2. The van der Waals surface area contributed by atoms with Crippen LogP contribution in [0.1, 0.15) is 5.56 Å². The molecule has 3 heteroatoms. The summed E-state index contributed by atoms with van der Waals surface area (Å²) in [7, 11) is 5.39. The Hall–Kier alpha value is -0.435. The molecule has 0 unspecified atom stereocenters. The number of rotatable bonds is 3. The Balaban J connectivity index is 2.66. The second-order valence-corrected chi connectivity index (χ2v) is 3.08. The summed E-state index contributed by atoms with van der Waals surface area (Å²) in [6.07, 6.45) is 0.542. The minimum atomic E-state index is -0.373. The van der Waals surface area contributed by atoms with Gasteiger partial charge in [0, 0.05) is 4.90 Å². The number of halogens is 1. The number of hydrogen-bond acceptors (Lipinski definition) is 1. The molecule has 0 atom stereocenters. The fourth-order valence-corrected chi connectivity index (χ4v) is 1.24. The lowest BCUT2D eigenvalue weighted by atomic mass is 9.97. The van der Waals surface area contributed by atoms with Crippen LogP contribution in [0.5, 0.6) is 0 Å². The Bertz CT molecular complexity index is 210. The average molecular weight is 166 g/mol. The van der Waals surface area contributed by atoms with E-state index in [0.29, 0.717) is 6.32 Å². The van der Waals surface area contributed by atoms with Gasteiger partial charge in [0.1, 0.15) is 6.01 Å². The van der Waals surface area contributed by atoms with Crippen LogP contribution in [0.25, 0.3) is 0 Å². The Morgan fingerprint density at radius 1 is 1.27 bits per heavy atom. The third-order valence-corrected chi connectivity index (χ3v) is 2.09. The maximum absolute atomic E-state index is 11.8. The van der Waals surface area contributed by atoms with E-state index in [9.17, 15) is 4.39 Å². The molecule has 0 aliphatic heterocycles. The van der Waals surface area contributed by atoms with Crippen LogP contribution in [-0.2, 0) is 6.32 Å². The van der Waals surface area contributed by atoms with Gasteiger partial charge >= 0.3 is 0 Å². The van der Waals surface area contributed by atoms with E-state index in [-0.39, 0.29) is 6.01 Å². The number of benzene rings is 1. The van der Waals surface area contributed by atoms with Crippen LogP contribution < -0.4 is 0 Å². The van der Waals surface area contributed by atoms with Crippen LogP contribution in [0.15, 0.2) is 29.2 Å². The summed E-state index contributed by atoms with van der Waals surface area (Å²) >= 11 is 1.19. The molecule has 0 aliphatic rings. The zero-order chi connectivity index (χ0) is 8.10. The molecule has 0 fully saturated rings. The number of alkyl halides is 1. The highest BCUT2D eigenvalue weighted by Crippen LogP contribution is 2.17. The highest BCUT2D eigenvalue weighted by Gasteiger charge is 1.92. The molecule has 0 heterocycles. The quantitative estimate of drug-likeness (QED) is 0.490. The summed E-state index contributed by atoms with van der Waals surface area (Å²) in [6.45, 7) is 0. The van der Waals surface area contributed by atoms with Gasteiger partial charge in [-0.05, 0) is 12.1 Å². The van der Waals surface area contributed by atoms with Crippen LogP contribution >= 0.6 is 11.8 Å². The maximum Gasteiger partial charge on any atom is 0.139 e. The van der Waals surface area contributed by atoms with Crippen molar-refractivity contribution in [1.82, 2.24) is 0 Å². The molecule has 0 aliphatic carbocycles. The van der Waals surface area contributed by atoms with E-state index in [2.05, 4.69) is 0 Å². The van der Waals surface area contributed by atoms with E-state index in [1.54, 1.807) is 0 Å². The Kier molecular flexibility index (Phi) is 3.50. The molecule has 0 aromatic heterocycles. The standard InChI is InChI=1S/C8H8BFS/c9-5-7-1-3-8(4-2-7)11-6-10/h1-4H,5-6H2. The van der Waals surface area contributed by atoms with Crippen LogP contribution in [0.3, 0.4) is 0 Å². The van der Waals surface area contributed by atoms with E-state index in [1.807, 2.05) is 24.3 Å². The Morgan fingerprint density at radius 3 is 2.36 bits per heavy atom. The molecular formula is C8H8BFS. The second-order valence-electron chi connectivity index (χ2n) is 2.10. The smallest absolute Gasteiger partial charge is 0.139 e. The van der Waals surface area contributed by atoms with Crippen molar-refractivity contribution >= 4 is 19.6 Å². The van der Waals surface area contributed by atoms with Crippen molar-refractivity contribution in [1.29, 1.82) is 0 Å². The summed E-state index contributed by atoms with van der Waals surface area (Å²) in [4.78, 5) is 0.949. The molecule has 0 saturated carbocycles. The van der Waals surface area contributed by atoms with Crippen molar-refractivity contribution in [3.63, 3.8) is 0 Å². The SMILES string of the molecule is [B]Cc1ccc(SCF)cc1. The van der Waals surface area contributed by atoms with E-state index >= 15 is 0 Å². The normalized spacial score (nSPS) is 9.91. The Morgan fingerprint density at radius 2 is 1.91 bits per heavy atom. The molecule has 56 valence electrons. The summed E-state index contributed by atoms with van der Waals surface area (Å²) in [5, 5.41) is 0. The van der Waals surface area contributed by atoms with Gasteiger partial charge in [0.25, 0.3) is 0 Å². The van der Waals surface area contributed by atoms with Crippen molar-refractivity contribution in [2.75, 3.05) is 6.01 Å². The predicted octanol–water partition coefficient (Wildman–Crippen LogP) is 2.37. The Labute approximate surface area is 71.6 Å². The second kappa shape index (κ2) is 4.44. The zero-order valence-electron chi connectivity index (χ0n) is 6.09. The van der Waals surface area contributed by atoms with Gasteiger partial charge in [0.15, 0.2) is 0 Å². The van der Waals surface area contributed by atoms with Gasteiger partial charge in [0.05, 0.1) is 7.85 Å². The lowest BCUT2D eigenvalue weighted by Crippen LogP contribution is -1.81. The summed E-state index contributed by atoms with van der Waals surface area (Å²) in [5.41, 5.74) is 1.08. The first-order valence-corrected chi connectivity index (χ1v) is 4.33. The van der Waals surface area contributed by atoms with Gasteiger partial charge in [-0.2, -0.15) is 0 Å². The van der Waals surface area contributed by atoms with Crippen molar-refractivity contribution in [3.8, 4) is 0 Å². The summed E-state index contributed by atoms with van der Waals surface area (Å²) in [5.74, 6) is 0. The largest absolute Gasteiger partial charge is 0.239 e.